The van der Waals surface area contributed by atoms with E-state index in [2.05, 4.69) is 34.2 Å². The summed E-state index contributed by atoms with van der Waals surface area (Å²) in [4.78, 5) is 15.1. The zero-order chi connectivity index (χ0) is 15.2. The second-order valence-corrected chi connectivity index (χ2v) is 4.95. The average Bonchev–Trinajstić information content (AvgIpc) is 2.48. The summed E-state index contributed by atoms with van der Waals surface area (Å²) in [5.41, 5.74) is 0. The van der Waals surface area contributed by atoms with Crippen molar-refractivity contribution in [3.8, 4) is 0 Å². The van der Waals surface area contributed by atoms with Gasteiger partial charge >= 0.3 is 5.97 Å². The average molecular weight is 285 g/mol. The molecule has 0 radical (unpaired) electrons. The van der Waals surface area contributed by atoms with Crippen LogP contribution in [-0.2, 0) is 9.53 Å². The third-order valence-corrected chi connectivity index (χ3v) is 3.51. The van der Waals surface area contributed by atoms with Crippen LogP contribution in [0.3, 0.4) is 0 Å². The van der Waals surface area contributed by atoms with Crippen LogP contribution in [0.25, 0.3) is 0 Å². The number of nitrogens with zero attached hydrogens (tertiary/aromatic N) is 1. The van der Waals surface area contributed by atoms with Crippen molar-refractivity contribution >= 4 is 11.9 Å². The monoisotopic (exact) mass is 285 g/mol. The Bertz CT molecular complexity index is 276. The van der Waals surface area contributed by atoms with Gasteiger partial charge in [-0.25, -0.2) is 0 Å². The molecule has 0 bridgehead atoms. The largest absolute Gasteiger partial charge is 0.469 e. The predicted octanol–water partition coefficient (Wildman–Crippen LogP) is 2.32. The Morgan fingerprint density at radius 2 is 1.85 bits per heavy atom. The second-order valence-electron chi connectivity index (χ2n) is 4.95. The number of guanidine groups is 1. The molecule has 0 rings (SSSR count). The minimum atomic E-state index is -0.124. The van der Waals surface area contributed by atoms with Crippen LogP contribution < -0.4 is 10.6 Å². The van der Waals surface area contributed by atoms with Gasteiger partial charge in [-0.2, -0.15) is 0 Å². The van der Waals surface area contributed by atoms with E-state index in [0.29, 0.717) is 12.3 Å². The highest BCUT2D eigenvalue weighted by molar-refractivity contribution is 5.79. The number of unbranched alkanes of at least 4 members (excludes halogenated alkanes) is 2. The minimum Gasteiger partial charge on any atom is -0.469 e. The van der Waals surface area contributed by atoms with Gasteiger partial charge in [0.25, 0.3) is 0 Å². The highest BCUT2D eigenvalue weighted by atomic mass is 16.5. The normalized spacial score (nSPS) is 11.6. The molecule has 0 fully saturated rings. The molecule has 0 aliphatic heterocycles. The van der Waals surface area contributed by atoms with E-state index in [-0.39, 0.29) is 5.97 Å². The van der Waals surface area contributed by atoms with Crippen LogP contribution in [0, 0.1) is 5.92 Å². The molecular formula is C15H31N3O2. The molecule has 118 valence electrons. The highest BCUT2D eigenvalue weighted by Crippen LogP contribution is 2.04. The first-order valence-electron chi connectivity index (χ1n) is 7.69. The van der Waals surface area contributed by atoms with Crippen molar-refractivity contribution in [2.45, 2.75) is 52.4 Å². The van der Waals surface area contributed by atoms with E-state index < -0.39 is 0 Å². The number of ether oxygens (including phenoxy) is 1. The molecule has 0 saturated heterocycles. The SMILES string of the molecule is CCC(CC)CNC(=NC)NCCCCCC(=O)OC. The smallest absolute Gasteiger partial charge is 0.305 e. The maximum atomic E-state index is 10.9. The molecule has 0 aromatic carbocycles. The van der Waals surface area contributed by atoms with Crippen LogP contribution in [0.5, 0.6) is 0 Å². The fourth-order valence-corrected chi connectivity index (χ4v) is 1.92. The lowest BCUT2D eigenvalue weighted by Crippen LogP contribution is -2.40. The molecule has 5 nitrogen and oxygen atoms in total. The fourth-order valence-electron chi connectivity index (χ4n) is 1.92. The summed E-state index contributed by atoms with van der Waals surface area (Å²) < 4.78 is 4.60. The molecular weight excluding hydrogens is 254 g/mol. The molecule has 0 atom stereocenters. The number of nitrogens with one attached hydrogen (secondary N) is 2. The number of rotatable bonds is 10. The predicted molar refractivity (Wildman–Crippen MR) is 83.9 cm³/mol. The topological polar surface area (TPSA) is 62.7 Å². The second kappa shape index (κ2) is 12.8. The lowest BCUT2D eigenvalue weighted by Gasteiger charge is -2.16. The Kier molecular flexibility index (Phi) is 12.0. The molecule has 0 saturated carbocycles. The zero-order valence-electron chi connectivity index (χ0n) is 13.5. The molecule has 0 aromatic heterocycles. The summed E-state index contributed by atoms with van der Waals surface area (Å²) in [5.74, 6) is 1.44. The number of hydrogen-bond acceptors (Lipinski definition) is 3. The van der Waals surface area contributed by atoms with Gasteiger partial charge in [0, 0.05) is 26.6 Å². The van der Waals surface area contributed by atoms with Crippen molar-refractivity contribution < 1.29 is 9.53 Å². The van der Waals surface area contributed by atoms with Crippen molar-refractivity contribution in [3.63, 3.8) is 0 Å². The molecule has 20 heavy (non-hydrogen) atoms. The summed E-state index contributed by atoms with van der Waals surface area (Å²) in [7, 11) is 3.22. The molecule has 2 N–H and O–H groups in total. The standard InChI is InChI=1S/C15H31N3O2/c1-5-13(6-2)12-18-15(16-3)17-11-9-7-8-10-14(19)20-4/h13H,5-12H2,1-4H3,(H2,16,17,18). The van der Waals surface area contributed by atoms with Crippen molar-refractivity contribution in [2.75, 3.05) is 27.2 Å². The summed E-state index contributed by atoms with van der Waals surface area (Å²) in [6, 6.07) is 0. The van der Waals surface area contributed by atoms with Crippen molar-refractivity contribution in [2.24, 2.45) is 10.9 Å². The van der Waals surface area contributed by atoms with E-state index in [9.17, 15) is 4.79 Å². The van der Waals surface area contributed by atoms with Gasteiger partial charge in [0.2, 0.25) is 0 Å². The molecule has 0 aliphatic rings. The van der Waals surface area contributed by atoms with E-state index in [1.165, 1.54) is 20.0 Å². The van der Waals surface area contributed by atoms with Crippen LogP contribution in [-0.4, -0.2) is 39.2 Å². The van der Waals surface area contributed by atoms with Crippen LogP contribution >= 0.6 is 0 Å². The van der Waals surface area contributed by atoms with Crippen molar-refractivity contribution in [3.05, 3.63) is 0 Å². The number of methoxy groups -OCH3 is 1. The number of carbonyl (C=O) groups excluding carboxylic acids is 1. The molecule has 5 heteroatoms. The van der Waals surface area contributed by atoms with E-state index in [4.69, 9.17) is 0 Å². The number of esters is 1. The molecule has 0 amide bonds. The Morgan fingerprint density at radius 3 is 2.40 bits per heavy atom. The van der Waals surface area contributed by atoms with Crippen molar-refractivity contribution in [1.82, 2.24) is 10.6 Å². The summed E-state index contributed by atoms with van der Waals surface area (Å²) in [6.07, 6.45) is 5.82. The molecule has 0 aromatic rings. The Balaban J connectivity index is 3.63. The van der Waals surface area contributed by atoms with Gasteiger partial charge < -0.3 is 15.4 Å². The summed E-state index contributed by atoms with van der Waals surface area (Å²) in [6.45, 7) is 6.28. The van der Waals surface area contributed by atoms with E-state index in [1.54, 1.807) is 7.05 Å². The first kappa shape index (κ1) is 18.7. The van der Waals surface area contributed by atoms with E-state index in [0.717, 1.165) is 38.3 Å². The maximum Gasteiger partial charge on any atom is 0.305 e. The molecule has 0 heterocycles. The van der Waals surface area contributed by atoms with Gasteiger partial charge in [-0.3, -0.25) is 9.79 Å². The summed E-state index contributed by atoms with van der Waals surface area (Å²) in [5, 5.41) is 6.65. The third-order valence-electron chi connectivity index (χ3n) is 3.51. The number of hydrogen-bond donors (Lipinski definition) is 2. The lowest BCUT2D eigenvalue weighted by molar-refractivity contribution is -0.140. The van der Waals surface area contributed by atoms with Gasteiger partial charge in [-0.05, 0) is 18.8 Å². The highest BCUT2D eigenvalue weighted by Gasteiger charge is 2.04. The quantitative estimate of drug-likeness (QED) is 0.280. The Hall–Kier alpha value is -1.26. The van der Waals surface area contributed by atoms with E-state index in [1.807, 2.05) is 0 Å². The van der Waals surface area contributed by atoms with Crippen LogP contribution in [0.2, 0.25) is 0 Å². The van der Waals surface area contributed by atoms with Gasteiger partial charge in [0.1, 0.15) is 0 Å². The molecule has 0 spiro atoms. The maximum absolute atomic E-state index is 10.9. The summed E-state index contributed by atoms with van der Waals surface area (Å²) >= 11 is 0. The Labute approximate surface area is 123 Å². The first-order valence-corrected chi connectivity index (χ1v) is 7.69. The van der Waals surface area contributed by atoms with Crippen LogP contribution in [0.4, 0.5) is 0 Å². The van der Waals surface area contributed by atoms with Gasteiger partial charge in [0.15, 0.2) is 5.96 Å². The number of carbonyl (C=O) groups is 1. The third kappa shape index (κ3) is 9.64. The Morgan fingerprint density at radius 1 is 1.15 bits per heavy atom. The molecule has 0 aliphatic carbocycles. The molecule has 0 unspecified atom stereocenters. The number of aliphatic imine (C=N–C) groups is 1. The van der Waals surface area contributed by atoms with Crippen LogP contribution in [0.1, 0.15) is 52.4 Å². The minimum absolute atomic E-state index is 0.124. The zero-order valence-corrected chi connectivity index (χ0v) is 13.5. The van der Waals surface area contributed by atoms with E-state index >= 15 is 0 Å². The van der Waals surface area contributed by atoms with Crippen molar-refractivity contribution in [1.29, 1.82) is 0 Å². The lowest BCUT2D eigenvalue weighted by atomic mass is 10.0. The van der Waals surface area contributed by atoms with Crippen LogP contribution in [0.15, 0.2) is 4.99 Å². The van der Waals surface area contributed by atoms with Gasteiger partial charge in [-0.1, -0.05) is 33.1 Å². The van der Waals surface area contributed by atoms with Gasteiger partial charge in [0.05, 0.1) is 7.11 Å². The first-order chi connectivity index (χ1) is 9.67. The fraction of sp³-hybridized carbons (Fsp3) is 0.867. The van der Waals surface area contributed by atoms with Gasteiger partial charge in [-0.15, -0.1) is 0 Å².